The minimum absolute atomic E-state index is 0.0113. The van der Waals surface area contributed by atoms with Crippen molar-refractivity contribution in [3.8, 4) is 11.3 Å². The molecule has 1 aliphatic heterocycles. The van der Waals surface area contributed by atoms with E-state index in [1.54, 1.807) is 18.2 Å². The minimum Gasteiger partial charge on any atom is -0.451 e. The van der Waals surface area contributed by atoms with Crippen LogP contribution in [0.1, 0.15) is 43.7 Å². The average Bonchev–Trinajstić information content (AvgIpc) is 3.39. The van der Waals surface area contributed by atoms with Crippen LogP contribution in [0.5, 0.6) is 0 Å². The Morgan fingerprint density at radius 2 is 1.88 bits per heavy atom. The Hall–Kier alpha value is -4.43. The molecule has 2 amide bonds. The maximum Gasteiger partial charge on any atom is 0.287 e. The molecular formula is C28H31N5O8S. The number of non-ortho nitro benzene ring substituents is 1. The van der Waals surface area contributed by atoms with Crippen molar-refractivity contribution in [2.45, 2.75) is 50.2 Å². The molecule has 13 nitrogen and oxygen atoms in total. The van der Waals surface area contributed by atoms with Gasteiger partial charge in [0.15, 0.2) is 16.6 Å². The number of aromatic nitrogens is 1. The van der Waals surface area contributed by atoms with Gasteiger partial charge in [0.2, 0.25) is 5.91 Å². The summed E-state index contributed by atoms with van der Waals surface area (Å²) < 4.78 is 32.7. The number of Topliss-reactive ketones (excluding diaryl/α,β-unsaturated/α-hetero) is 1. The smallest absolute Gasteiger partial charge is 0.287 e. The van der Waals surface area contributed by atoms with Crippen LogP contribution in [0.4, 0.5) is 5.69 Å². The Morgan fingerprint density at radius 1 is 1.14 bits per heavy atom. The number of furan rings is 1. The van der Waals surface area contributed by atoms with Crippen molar-refractivity contribution in [1.82, 2.24) is 19.9 Å². The molecule has 4 rings (SSSR count). The van der Waals surface area contributed by atoms with Crippen LogP contribution in [0.3, 0.4) is 0 Å². The topological polar surface area (TPSA) is 182 Å². The van der Waals surface area contributed by atoms with Crippen LogP contribution < -0.4 is 10.6 Å². The molecule has 42 heavy (non-hydrogen) atoms. The van der Waals surface area contributed by atoms with E-state index in [-0.39, 0.29) is 41.8 Å². The van der Waals surface area contributed by atoms with Gasteiger partial charge in [0.1, 0.15) is 11.8 Å². The lowest BCUT2D eigenvalue weighted by molar-refractivity contribution is -0.384. The summed E-state index contributed by atoms with van der Waals surface area (Å²) in [6.07, 6.45) is 2.20. The lowest BCUT2D eigenvalue weighted by Gasteiger charge is -2.23. The number of nitro groups is 1. The number of ketones is 1. The van der Waals surface area contributed by atoms with E-state index >= 15 is 0 Å². The van der Waals surface area contributed by atoms with Crippen LogP contribution in [0, 0.1) is 16.0 Å². The highest BCUT2D eigenvalue weighted by Crippen LogP contribution is 2.25. The number of amides is 2. The molecule has 2 aromatic heterocycles. The van der Waals surface area contributed by atoms with Crippen LogP contribution in [-0.4, -0.2) is 65.4 Å². The molecule has 1 saturated heterocycles. The first-order chi connectivity index (χ1) is 20.0. The molecule has 1 aromatic carbocycles. The number of nitrogens with one attached hydrogen (secondary N) is 2. The van der Waals surface area contributed by atoms with E-state index in [1.165, 1.54) is 42.6 Å². The van der Waals surface area contributed by atoms with E-state index in [0.29, 0.717) is 17.7 Å². The van der Waals surface area contributed by atoms with Crippen molar-refractivity contribution in [2.75, 3.05) is 13.1 Å². The van der Waals surface area contributed by atoms with Gasteiger partial charge in [-0.1, -0.05) is 19.9 Å². The zero-order valence-electron chi connectivity index (χ0n) is 23.1. The lowest BCUT2D eigenvalue weighted by Crippen LogP contribution is -2.52. The fraction of sp³-hybridized carbons (Fsp3) is 0.357. The van der Waals surface area contributed by atoms with Crippen molar-refractivity contribution in [3.63, 3.8) is 0 Å². The van der Waals surface area contributed by atoms with Crippen LogP contribution in [-0.2, 0) is 19.6 Å². The van der Waals surface area contributed by atoms with Crippen molar-refractivity contribution in [1.29, 1.82) is 0 Å². The molecule has 3 aromatic rings. The third kappa shape index (κ3) is 7.25. The highest BCUT2D eigenvalue weighted by atomic mass is 32.2. The van der Waals surface area contributed by atoms with Gasteiger partial charge in [-0.15, -0.1) is 0 Å². The Morgan fingerprint density at radius 3 is 2.52 bits per heavy atom. The van der Waals surface area contributed by atoms with E-state index in [4.69, 9.17) is 4.42 Å². The first-order valence-corrected chi connectivity index (χ1v) is 14.8. The molecule has 2 N–H and O–H groups in total. The number of carbonyl (C=O) groups is 3. The molecule has 0 aliphatic carbocycles. The summed E-state index contributed by atoms with van der Waals surface area (Å²) >= 11 is 0. The van der Waals surface area contributed by atoms with Gasteiger partial charge in [-0.05, 0) is 61.6 Å². The van der Waals surface area contributed by atoms with Crippen LogP contribution in [0.15, 0.2) is 70.2 Å². The fourth-order valence-corrected chi connectivity index (χ4v) is 5.93. The van der Waals surface area contributed by atoms with Gasteiger partial charge in [0, 0.05) is 30.4 Å². The maximum atomic E-state index is 13.3. The van der Waals surface area contributed by atoms with E-state index in [1.807, 2.05) is 13.8 Å². The van der Waals surface area contributed by atoms with E-state index < -0.39 is 51.2 Å². The third-order valence-corrected chi connectivity index (χ3v) is 8.46. The van der Waals surface area contributed by atoms with Gasteiger partial charge < -0.3 is 15.1 Å². The Bertz CT molecular complexity index is 1550. The number of rotatable bonds is 10. The number of sulfonamides is 1. The van der Waals surface area contributed by atoms with Crippen molar-refractivity contribution < 1.29 is 32.1 Å². The summed E-state index contributed by atoms with van der Waals surface area (Å²) in [7, 11) is -3.98. The standard InChI is InChI=1S/C28H31N5O8S/c1-18(2)16-22(31-28(36)25-13-12-24(41-25)19-8-10-20(11-9-19)33(37)38)27(35)30-21-6-5-15-32(17-23(21)34)42(39,40)26-7-3-4-14-29-26/h3-4,7-14,18,21-22H,5-6,15-17H2,1-2H3,(H,30,35)(H,31,36)/t21-,22?/m0/s1. The molecule has 0 spiro atoms. The van der Waals surface area contributed by atoms with Crippen molar-refractivity contribution >= 4 is 33.3 Å². The van der Waals surface area contributed by atoms with Gasteiger partial charge in [-0.25, -0.2) is 13.4 Å². The minimum atomic E-state index is -3.98. The summed E-state index contributed by atoms with van der Waals surface area (Å²) in [4.78, 5) is 53.6. The number of benzene rings is 1. The monoisotopic (exact) mass is 597 g/mol. The van der Waals surface area contributed by atoms with E-state index in [0.717, 1.165) is 4.31 Å². The second-order valence-corrected chi connectivity index (χ2v) is 12.2. The molecule has 1 fully saturated rings. The molecule has 222 valence electrons. The fourth-order valence-electron chi connectivity index (χ4n) is 4.55. The number of hydrogen-bond acceptors (Lipinski definition) is 9. The number of hydrogen-bond donors (Lipinski definition) is 2. The number of carbonyl (C=O) groups excluding carboxylic acids is 3. The molecule has 14 heteroatoms. The SMILES string of the molecule is CC(C)CC(NC(=O)c1ccc(-c2ccc([N+](=O)[O-])cc2)o1)C(=O)N[C@H]1CCCN(S(=O)(=O)c2ccccn2)CC1=O. The summed E-state index contributed by atoms with van der Waals surface area (Å²) in [5.41, 5.74) is 0.447. The van der Waals surface area contributed by atoms with Crippen LogP contribution in [0.25, 0.3) is 11.3 Å². The van der Waals surface area contributed by atoms with Gasteiger partial charge in [0.25, 0.3) is 21.6 Å². The van der Waals surface area contributed by atoms with Gasteiger partial charge in [0.05, 0.1) is 17.5 Å². The summed E-state index contributed by atoms with van der Waals surface area (Å²) in [5, 5.41) is 16.1. The molecule has 0 saturated carbocycles. The third-order valence-electron chi connectivity index (χ3n) is 6.70. The molecule has 2 atom stereocenters. The van der Waals surface area contributed by atoms with Crippen molar-refractivity contribution in [3.05, 3.63) is 76.7 Å². The molecule has 0 radical (unpaired) electrons. The maximum absolute atomic E-state index is 13.3. The summed E-state index contributed by atoms with van der Waals surface area (Å²) in [5.74, 6) is -1.42. The van der Waals surface area contributed by atoms with Crippen LogP contribution >= 0.6 is 0 Å². The highest BCUT2D eigenvalue weighted by Gasteiger charge is 2.35. The highest BCUT2D eigenvalue weighted by molar-refractivity contribution is 7.89. The average molecular weight is 598 g/mol. The van der Waals surface area contributed by atoms with Gasteiger partial charge in [-0.2, -0.15) is 4.31 Å². The van der Waals surface area contributed by atoms with Gasteiger partial charge >= 0.3 is 0 Å². The number of nitro benzene ring substituents is 1. The predicted octanol–water partition coefficient (Wildman–Crippen LogP) is 2.93. The molecule has 3 heterocycles. The normalized spacial score (nSPS) is 16.9. The largest absolute Gasteiger partial charge is 0.451 e. The second kappa shape index (κ2) is 13.0. The first-order valence-electron chi connectivity index (χ1n) is 13.4. The summed E-state index contributed by atoms with van der Waals surface area (Å²) in [6, 6.07) is 11.2. The van der Waals surface area contributed by atoms with Crippen LogP contribution in [0.2, 0.25) is 0 Å². The first kappa shape index (κ1) is 30.5. The van der Waals surface area contributed by atoms with E-state index in [2.05, 4.69) is 15.6 Å². The zero-order chi connectivity index (χ0) is 30.4. The summed E-state index contributed by atoms with van der Waals surface area (Å²) in [6.45, 7) is 3.44. The molecular weight excluding hydrogens is 566 g/mol. The molecule has 1 unspecified atom stereocenters. The lowest BCUT2D eigenvalue weighted by atomic mass is 10.0. The number of pyridine rings is 1. The van der Waals surface area contributed by atoms with E-state index in [9.17, 15) is 32.9 Å². The Labute approximate surface area is 242 Å². The Balaban J connectivity index is 1.42. The molecule has 1 aliphatic rings. The number of nitrogens with zero attached hydrogens (tertiary/aromatic N) is 3. The van der Waals surface area contributed by atoms with Crippen molar-refractivity contribution in [2.24, 2.45) is 5.92 Å². The predicted molar refractivity (Wildman–Crippen MR) is 151 cm³/mol. The second-order valence-electron chi connectivity index (χ2n) is 10.3. The zero-order valence-corrected chi connectivity index (χ0v) is 23.9. The molecule has 0 bridgehead atoms. The quantitative estimate of drug-likeness (QED) is 0.262. The van der Waals surface area contributed by atoms with Gasteiger partial charge in [-0.3, -0.25) is 24.5 Å². The Kier molecular flexibility index (Phi) is 9.48.